The summed E-state index contributed by atoms with van der Waals surface area (Å²) in [5.74, 6) is -0.542. The van der Waals surface area contributed by atoms with Crippen molar-refractivity contribution in [1.82, 2.24) is 0 Å². The number of rotatable bonds is 3. The number of carboxylic acids is 1. The van der Waals surface area contributed by atoms with E-state index in [9.17, 15) is 4.79 Å². The quantitative estimate of drug-likeness (QED) is 0.706. The van der Waals surface area contributed by atoms with E-state index in [0.717, 1.165) is 0 Å². The van der Waals surface area contributed by atoms with E-state index in [0.29, 0.717) is 11.4 Å². The average molecular weight is 197 g/mol. The molecule has 0 aliphatic carbocycles. The fourth-order valence-electron chi connectivity index (χ4n) is 1.09. The van der Waals surface area contributed by atoms with Crippen LogP contribution < -0.4 is 15.2 Å². The molecule has 1 aromatic rings. The van der Waals surface area contributed by atoms with Gasteiger partial charge in [0.15, 0.2) is 0 Å². The monoisotopic (exact) mass is 197 g/mol. The molecule has 0 bridgehead atoms. The molecule has 0 spiro atoms. The number of hydrogen-bond donors (Lipinski definition) is 2. The molecule has 0 aliphatic rings. The number of hydrogen-bond acceptors (Lipinski definition) is 4. The Kier molecular flexibility index (Phi) is 2.81. The maximum absolute atomic E-state index is 10.8. The lowest BCUT2D eigenvalue weighted by Crippen LogP contribution is -2.03. The minimum atomic E-state index is -1.08. The number of anilines is 1. The predicted octanol–water partition coefficient (Wildman–Crippen LogP) is 0.984. The topological polar surface area (TPSA) is 81.8 Å². The van der Waals surface area contributed by atoms with Crippen LogP contribution in [0, 0.1) is 0 Å². The number of carbonyl (C=O) groups is 1. The summed E-state index contributed by atoms with van der Waals surface area (Å²) in [5, 5.41) is 8.83. The Bertz CT molecular complexity index is 362. The van der Waals surface area contributed by atoms with Crippen molar-refractivity contribution in [3.63, 3.8) is 0 Å². The van der Waals surface area contributed by atoms with Crippen molar-refractivity contribution >= 4 is 11.7 Å². The highest BCUT2D eigenvalue weighted by Gasteiger charge is 2.14. The number of nitrogen functional groups attached to an aromatic ring is 1. The van der Waals surface area contributed by atoms with Gasteiger partial charge in [-0.25, -0.2) is 4.79 Å². The molecule has 0 atom stereocenters. The van der Waals surface area contributed by atoms with Crippen molar-refractivity contribution in [2.24, 2.45) is 0 Å². The van der Waals surface area contributed by atoms with Crippen LogP contribution in [0.25, 0.3) is 0 Å². The minimum Gasteiger partial charge on any atom is -0.496 e. The van der Waals surface area contributed by atoms with Gasteiger partial charge >= 0.3 is 5.97 Å². The molecule has 0 aromatic heterocycles. The van der Waals surface area contributed by atoms with Crippen molar-refractivity contribution in [2.75, 3.05) is 20.0 Å². The zero-order valence-electron chi connectivity index (χ0n) is 7.90. The van der Waals surface area contributed by atoms with Crippen LogP contribution in [0.5, 0.6) is 11.5 Å². The van der Waals surface area contributed by atoms with Crippen LogP contribution in [0.3, 0.4) is 0 Å². The molecule has 0 saturated heterocycles. The van der Waals surface area contributed by atoms with Gasteiger partial charge in [-0.3, -0.25) is 0 Å². The van der Waals surface area contributed by atoms with Crippen LogP contribution in [0.1, 0.15) is 10.4 Å². The predicted molar refractivity (Wildman–Crippen MR) is 50.9 cm³/mol. The summed E-state index contributed by atoms with van der Waals surface area (Å²) in [6.07, 6.45) is 0. The van der Waals surface area contributed by atoms with E-state index in [1.165, 1.54) is 26.4 Å². The summed E-state index contributed by atoms with van der Waals surface area (Å²) in [6.45, 7) is 0. The molecule has 5 heteroatoms. The SMILES string of the molecule is COc1cc(C(=O)O)c(OC)cc1N. The third kappa shape index (κ3) is 1.71. The Morgan fingerprint density at radius 1 is 1.29 bits per heavy atom. The Morgan fingerprint density at radius 3 is 2.29 bits per heavy atom. The van der Waals surface area contributed by atoms with Gasteiger partial charge in [0.25, 0.3) is 0 Å². The van der Waals surface area contributed by atoms with E-state index < -0.39 is 5.97 Å². The van der Waals surface area contributed by atoms with E-state index >= 15 is 0 Å². The van der Waals surface area contributed by atoms with Crippen LogP contribution in [-0.4, -0.2) is 25.3 Å². The van der Waals surface area contributed by atoms with Crippen molar-refractivity contribution < 1.29 is 19.4 Å². The zero-order chi connectivity index (χ0) is 10.7. The van der Waals surface area contributed by atoms with Gasteiger partial charge in [-0.2, -0.15) is 0 Å². The maximum atomic E-state index is 10.8. The van der Waals surface area contributed by atoms with E-state index in [1.54, 1.807) is 0 Å². The molecule has 5 nitrogen and oxygen atoms in total. The lowest BCUT2D eigenvalue weighted by molar-refractivity contribution is 0.0693. The van der Waals surface area contributed by atoms with E-state index in [-0.39, 0.29) is 11.3 Å². The van der Waals surface area contributed by atoms with E-state index in [1.807, 2.05) is 0 Å². The minimum absolute atomic E-state index is 0.0264. The molecular formula is C9H11NO4. The fraction of sp³-hybridized carbons (Fsp3) is 0.222. The summed E-state index contributed by atoms with van der Waals surface area (Å²) >= 11 is 0. The number of nitrogens with two attached hydrogens (primary N) is 1. The maximum Gasteiger partial charge on any atom is 0.339 e. The Labute approximate surface area is 81.0 Å². The second-order valence-electron chi connectivity index (χ2n) is 2.60. The highest BCUT2D eigenvalue weighted by molar-refractivity contribution is 5.92. The highest BCUT2D eigenvalue weighted by atomic mass is 16.5. The van der Waals surface area contributed by atoms with Gasteiger partial charge in [-0.15, -0.1) is 0 Å². The highest BCUT2D eigenvalue weighted by Crippen LogP contribution is 2.30. The molecule has 1 aromatic carbocycles. The van der Waals surface area contributed by atoms with Gasteiger partial charge in [0.1, 0.15) is 17.1 Å². The second-order valence-corrected chi connectivity index (χ2v) is 2.60. The van der Waals surface area contributed by atoms with Gasteiger partial charge in [0.2, 0.25) is 0 Å². The molecule has 0 heterocycles. The number of methoxy groups -OCH3 is 2. The van der Waals surface area contributed by atoms with Gasteiger partial charge in [-0.05, 0) is 0 Å². The van der Waals surface area contributed by atoms with Crippen molar-refractivity contribution in [3.8, 4) is 11.5 Å². The molecule has 0 radical (unpaired) electrons. The van der Waals surface area contributed by atoms with Crippen molar-refractivity contribution in [1.29, 1.82) is 0 Å². The first-order chi connectivity index (χ1) is 6.60. The number of benzene rings is 1. The first kappa shape index (κ1) is 10.2. The molecule has 0 aliphatic heterocycles. The second kappa shape index (κ2) is 3.87. The molecular weight excluding hydrogens is 186 g/mol. The van der Waals surface area contributed by atoms with Crippen LogP contribution in [-0.2, 0) is 0 Å². The Morgan fingerprint density at radius 2 is 1.86 bits per heavy atom. The first-order valence-corrected chi connectivity index (χ1v) is 3.85. The first-order valence-electron chi connectivity index (χ1n) is 3.85. The number of carboxylic acid groups (broad SMARTS) is 1. The Hall–Kier alpha value is -1.91. The summed E-state index contributed by atoms with van der Waals surface area (Å²) in [7, 11) is 2.80. The van der Waals surface area contributed by atoms with Gasteiger partial charge in [0, 0.05) is 12.1 Å². The van der Waals surface area contributed by atoms with Gasteiger partial charge in [-0.1, -0.05) is 0 Å². The standard InChI is InChI=1S/C9H11NO4/c1-13-7-4-6(10)8(14-2)3-5(7)9(11)12/h3-4H,10H2,1-2H3,(H,11,12). The van der Waals surface area contributed by atoms with Gasteiger partial charge in [0.05, 0.1) is 19.9 Å². The lowest BCUT2D eigenvalue weighted by Gasteiger charge is -2.09. The normalized spacial score (nSPS) is 9.57. The van der Waals surface area contributed by atoms with Crippen LogP contribution in [0.4, 0.5) is 5.69 Å². The smallest absolute Gasteiger partial charge is 0.339 e. The molecule has 0 amide bonds. The number of ether oxygens (including phenoxy) is 2. The third-order valence-corrected chi connectivity index (χ3v) is 1.78. The van der Waals surface area contributed by atoms with E-state index in [2.05, 4.69) is 0 Å². The molecule has 0 fully saturated rings. The van der Waals surface area contributed by atoms with Crippen molar-refractivity contribution in [2.45, 2.75) is 0 Å². The molecule has 1 rings (SSSR count). The molecule has 14 heavy (non-hydrogen) atoms. The molecule has 0 saturated carbocycles. The van der Waals surface area contributed by atoms with Crippen LogP contribution >= 0.6 is 0 Å². The fourth-order valence-corrected chi connectivity index (χ4v) is 1.09. The van der Waals surface area contributed by atoms with Gasteiger partial charge < -0.3 is 20.3 Å². The summed E-state index contributed by atoms with van der Waals surface area (Å²) < 4.78 is 9.76. The van der Waals surface area contributed by atoms with E-state index in [4.69, 9.17) is 20.3 Å². The van der Waals surface area contributed by atoms with Crippen LogP contribution in [0.2, 0.25) is 0 Å². The lowest BCUT2D eigenvalue weighted by atomic mass is 10.1. The largest absolute Gasteiger partial charge is 0.496 e. The average Bonchev–Trinajstić information content (AvgIpc) is 2.16. The Balaban J connectivity index is 3.32. The van der Waals surface area contributed by atoms with Crippen molar-refractivity contribution in [3.05, 3.63) is 17.7 Å². The zero-order valence-corrected chi connectivity index (χ0v) is 7.90. The molecule has 3 N–H and O–H groups in total. The summed E-state index contributed by atoms with van der Waals surface area (Å²) in [4.78, 5) is 10.8. The summed E-state index contributed by atoms with van der Waals surface area (Å²) in [6, 6.07) is 2.75. The number of aromatic carboxylic acids is 1. The summed E-state index contributed by atoms with van der Waals surface area (Å²) in [5.41, 5.74) is 5.95. The molecule has 0 unspecified atom stereocenters. The third-order valence-electron chi connectivity index (χ3n) is 1.78. The molecule has 76 valence electrons. The van der Waals surface area contributed by atoms with Crippen LogP contribution in [0.15, 0.2) is 12.1 Å².